The van der Waals surface area contributed by atoms with Crippen LogP contribution in [-0.4, -0.2) is 18.1 Å². The Labute approximate surface area is 119 Å². The molecule has 2 rings (SSSR count). The molecule has 2 atom stereocenters. The minimum atomic E-state index is 0.670. The lowest BCUT2D eigenvalue weighted by atomic mass is 9.85. The van der Waals surface area contributed by atoms with Gasteiger partial charge in [-0.1, -0.05) is 46.6 Å². The number of nitrogens with zero attached hydrogens (tertiary/aromatic N) is 2. The average Bonchev–Trinajstić information content (AvgIpc) is 2.49. The van der Waals surface area contributed by atoms with Crippen LogP contribution in [0.25, 0.3) is 0 Å². The normalized spacial score (nSPS) is 22.4. The van der Waals surface area contributed by atoms with Gasteiger partial charge in [0.05, 0.1) is 0 Å². The van der Waals surface area contributed by atoms with E-state index in [0.717, 1.165) is 18.2 Å². The average molecular weight is 262 g/mol. The maximum absolute atomic E-state index is 4.59. The second-order valence-corrected chi connectivity index (χ2v) is 5.32. The van der Waals surface area contributed by atoms with Crippen LogP contribution in [0.1, 0.15) is 58.9 Å². The van der Waals surface area contributed by atoms with E-state index < -0.39 is 0 Å². The lowest BCUT2D eigenvalue weighted by molar-refractivity contribution is 0.320. The topological polar surface area (TPSA) is 16.1 Å². The van der Waals surface area contributed by atoms with E-state index in [1.54, 1.807) is 0 Å². The first kappa shape index (κ1) is 16.0. The molecule has 1 aromatic heterocycles. The summed E-state index contributed by atoms with van der Waals surface area (Å²) in [5.41, 5.74) is 1.32. The van der Waals surface area contributed by atoms with Crippen LogP contribution >= 0.6 is 0 Å². The van der Waals surface area contributed by atoms with Crippen LogP contribution in [0.2, 0.25) is 0 Å². The molecule has 2 heteroatoms. The summed E-state index contributed by atoms with van der Waals surface area (Å²) in [6.07, 6.45) is 8.52. The smallest absolute Gasteiger partial charge is 0.128 e. The molecule has 0 unspecified atom stereocenters. The van der Waals surface area contributed by atoms with Crippen molar-refractivity contribution in [3.63, 3.8) is 0 Å². The molecule has 1 aliphatic carbocycles. The summed E-state index contributed by atoms with van der Waals surface area (Å²) in [6.45, 7) is 8.55. The van der Waals surface area contributed by atoms with Crippen molar-refractivity contribution in [3.05, 3.63) is 23.9 Å². The van der Waals surface area contributed by atoms with E-state index in [0.29, 0.717) is 6.04 Å². The van der Waals surface area contributed by atoms with Crippen LogP contribution in [0.15, 0.2) is 18.3 Å². The van der Waals surface area contributed by atoms with Gasteiger partial charge in [0.1, 0.15) is 5.82 Å². The Balaban J connectivity index is 0.000000861. The molecule has 1 heterocycles. The molecule has 2 nitrogen and oxygen atoms in total. The molecule has 1 fully saturated rings. The van der Waals surface area contributed by atoms with Crippen molar-refractivity contribution in [2.24, 2.45) is 5.92 Å². The first-order valence-electron chi connectivity index (χ1n) is 7.90. The highest BCUT2D eigenvalue weighted by Crippen LogP contribution is 2.29. The molecule has 0 N–H and O–H groups in total. The summed E-state index contributed by atoms with van der Waals surface area (Å²) in [4.78, 5) is 6.96. The SMILES string of the molecule is CC.CCc1ccc(N(C)[C@H]2CCCC[C@@H]2C)nc1. The molecule has 0 aliphatic heterocycles. The second kappa shape index (κ2) is 8.19. The molecular formula is C17H30N2. The fourth-order valence-corrected chi connectivity index (χ4v) is 2.88. The van der Waals surface area contributed by atoms with Gasteiger partial charge in [0, 0.05) is 19.3 Å². The molecule has 0 aromatic carbocycles. The largest absolute Gasteiger partial charge is 0.356 e. The maximum atomic E-state index is 4.59. The monoisotopic (exact) mass is 262 g/mol. The summed E-state index contributed by atoms with van der Waals surface area (Å²) in [5, 5.41) is 0. The molecule has 0 amide bonds. The first-order valence-corrected chi connectivity index (χ1v) is 7.90. The van der Waals surface area contributed by atoms with Gasteiger partial charge < -0.3 is 4.90 Å². The highest BCUT2D eigenvalue weighted by atomic mass is 15.2. The Hall–Kier alpha value is -1.05. The van der Waals surface area contributed by atoms with Crippen LogP contribution in [0.5, 0.6) is 0 Å². The number of anilines is 1. The van der Waals surface area contributed by atoms with Gasteiger partial charge >= 0.3 is 0 Å². The third-order valence-electron chi connectivity index (χ3n) is 4.14. The minimum absolute atomic E-state index is 0.670. The van der Waals surface area contributed by atoms with E-state index in [9.17, 15) is 0 Å². The molecule has 0 saturated heterocycles. The third-order valence-corrected chi connectivity index (χ3v) is 4.14. The van der Waals surface area contributed by atoms with Crippen LogP contribution in [0.4, 0.5) is 5.82 Å². The summed E-state index contributed by atoms with van der Waals surface area (Å²) in [6, 6.07) is 5.04. The summed E-state index contributed by atoms with van der Waals surface area (Å²) < 4.78 is 0. The molecule has 0 spiro atoms. The zero-order chi connectivity index (χ0) is 14.3. The number of aryl methyl sites for hydroxylation is 1. The van der Waals surface area contributed by atoms with Gasteiger partial charge in [0.15, 0.2) is 0 Å². The van der Waals surface area contributed by atoms with Crippen molar-refractivity contribution in [1.82, 2.24) is 4.98 Å². The van der Waals surface area contributed by atoms with Crippen molar-refractivity contribution >= 4 is 5.82 Å². The molecule has 108 valence electrons. The van der Waals surface area contributed by atoms with Crippen LogP contribution in [-0.2, 0) is 6.42 Å². The number of aromatic nitrogens is 1. The van der Waals surface area contributed by atoms with Gasteiger partial charge in [-0.25, -0.2) is 4.98 Å². The van der Waals surface area contributed by atoms with Crippen LogP contribution in [0, 0.1) is 5.92 Å². The van der Waals surface area contributed by atoms with E-state index in [1.807, 2.05) is 20.0 Å². The van der Waals surface area contributed by atoms with E-state index in [4.69, 9.17) is 0 Å². The van der Waals surface area contributed by atoms with Gasteiger partial charge in [-0.05, 0) is 36.8 Å². The number of pyridine rings is 1. The molecule has 0 bridgehead atoms. The lowest BCUT2D eigenvalue weighted by Gasteiger charge is -2.37. The third kappa shape index (κ3) is 4.22. The Morgan fingerprint density at radius 2 is 1.89 bits per heavy atom. The Kier molecular flexibility index (Phi) is 6.90. The van der Waals surface area contributed by atoms with Crippen molar-refractivity contribution in [2.45, 2.75) is 65.8 Å². The second-order valence-electron chi connectivity index (χ2n) is 5.32. The Morgan fingerprint density at radius 3 is 2.42 bits per heavy atom. The van der Waals surface area contributed by atoms with Crippen molar-refractivity contribution in [2.75, 3.05) is 11.9 Å². The predicted octanol–water partition coefficient (Wildman–Crippen LogP) is 4.69. The van der Waals surface area contributed by atoms with Crippen molar-refractivity contribution in [1.29, 1.82) is 0 Å². The van der Waals surface area contributed by atoms with Gasteiger partial charge in [0.2, 0.25) is 0 Å². The van der Waals surface area contributed by atoms with E-state index in [1.165, 1.54) is 31.2 Å². The Morgan fingerprint density at radius 1 is 1.21 bits per heavy atom. The fraction of sp³-hybridized carbons (Fsp3) is 0.706. The number of hydrogen-bond acceptors (Lipinski definition) is 2. The predicted molar refractivity (Wildman–Crippen MR) is 84.8 cm³/mol. The van der Waals surface area contributed by atoms with Gasteiger partial charge in [-0.2, -0.15) is 0 Å². The highest BCUT2D eigenvalue weighted by molar-refractivity contribution is 5.39. The molecule has 0 radical (unpaired) electrons. The summed E-state index contributed by atoms with van der Waals surface area (Å²) in [7, 11) is 2.19. The molecule has 1 aliphatic rings. The summed E-state index contributed by atoms with van der Waals surface area (Å²) in [5.74, 6) is 1.92. The van der Waals surface area contributed by atoms with Crippen LogP contribution < -0.4 is 4.90 Å². The molecule has 19 heavy (non-hydrogen) atoms. The van der Waals surface area contributed by atoms with E-state index in [2.05, 4.69) is 42.9 Å². The Bertz CT molecular complexity index is 345. The van der Waals surface area contributed by atoms with Crippen LogP contribution in [0.3, 0.4) is 0 Å². The highest BCUT2D eigenvalue weighted by Gasteiger charge is 2.25. The van der Waals surface area contributed by atoms with E-state index >= 15 is 0 Å². The maximum Gasteiger partial charge on any atom is 0.128 e. The van der Waals surface area contributed by atoms with Crippen molar-refractivity contribution < 1.29 is 0 Å². The van der Waals surface area contributed by atoms with E-state index in [-0.39, 0.29) is 0 Å². The lowest BCUT2D eigenvalue weighted by Crippen LogP contribution is -2.39. The zero-order valence-electron chi connectivity index (χ0n) is 13.3. The van der Waals surface area contributed by atoms with Gasteiger partial charge in [-0.3, -0.25) is 0 Å². The van der Waals surface area contributed by atoms with Gasteiger partial charge in [-0.15, -0.1) is 0 Å². The molecule has 1 saturated carbocycles. The number of hydrogen-bond donors (Lipinski definition) is 0. The molecular weight excluding hydrogens is 232 g/mol. The minimum Gasteiger partial charge on any atom is -0.356 e. The first-order chi connectivity index (χ1) is 9.22. The summed E-state index contributed by atoms with van der Waals surface area (Å²) >= 11 is 0. The number of rotatable bonds is 3. The molecule has 1 aromatic rings. The fourth-order valence-electron chi connectivity index (χ4n) is 2.88. The standard InChI is InChI=1S/C15H24N2.C2H6/c1-4-13-9-10-15(16-11-13)17(3)14-8-6-5-7-12(14)2;1-2/h9-12,14H,4-8H2,1-3H3;1-2H3/t12-,14-;/m0./s1. The quantitative estimate of drug-likeness (QED) is 0.786. The zero-order valence-corrected chi connectivity index (χ0v) is 13.3. The van der Waals surface area contributed by atoms with Crippen molar-refractivity contribution in [3.8, 4) is 0 Å². The van der Waals surface area contributed by atoms with Gasteiger partial charge in [0.25, 0.3) is 0 Å².